The van der Waals surface area contributed by atoms with Crippen LogP contribution in [0.15, 0.2) is 41.3 Å². The quantitative estimate of drug-likeness (QED) is 0.709. The van der Waals surface area contributed by atoms with E-state index in [0.717, 1.165) is 16.7 Å². The Morgan fingerprint density at radius 3 is 2.26 bits per heavy atom. The number of nitrogens with one attached hydrogen (secondary N) is 1. The minimum Gasteiger partial charge on any atom is -0.495 e. The summed E-state index contributed by atoms with van der Waals surface area (Å²) < 4.78 is 33.2. The molecular weight excluding hydrogens is 414 g/mol. The fourth-order valence-corrected chi connectivity index (χ4v) is 5.95. The molecule has 0 aromatic heterocycles. The van der Waals surface area contributed by atoms with Crippen LogP contribution < -0.4 is 10.1 Å². The van der Waals surface area contributed by atoms with Gasteiger partial charge >= 0.3 is 0 Å². The van der Waals surface area contributed by atoms with E-state index in [-0.39, 0.29) is 5.91 Å². The van der Waals surface area contributed by atoms with Crippen molar-refractivity contribution in [3.63, 3.8) is 0 Å². The lowest BCUT2D eigenvalue weighted by molar-refractivity contribution is -0.116. The summed E-state index contributed by atoms with van der Waals surface area (Å²) in [5.41, 5.74) is 3.28. The van der Waals surface area contributed by atoms with Crippen LogP contribution in [0.5, 0.6) is 5.75 Å². The van der Waals surface area contributed by atoms with Gasteiger partial charge in [-0.25, -0.2) is 8.42 Å². The van der Waals surface area contributed by atoms with Gasteiger partial charge in [-0.2, -0.15) is 4.31 Å². The van der Waals surface area contributed by atoms with Gasteiger partial charge in [-0.05, 0) is 44.0 Å². The van der Waals surface area contributed by atoms with Crippen molar-refractivity contribution in [3.8, 4) is 5.75 Å². The van der Waals surface area contributed by atoms with Gasteiger partial charge < -0.3 is 15.0 Å². The van der Waals surface area contributed by atoms with Gasteiger partial charge in [0.2, 0.25) is 15.9 Å². The number of anilines is 1. The maximum Gasteiger partial charge on any atom is 0.243 e. The summed E-state index contributed by atoms with van der Waals surface area (Å²) in [6.07, 6.45) is 0.334. The number of nitrogens with zero attached hydrogens (tertiary/aromatic N) is 2. The highest BCUT2D eigenvalue weighted by Crippen LogP contribution is 2.26. The Morgan fingerprint density at radius 2 is 1.65 bits per heavy atom. The number of rotatable bonds is 7. The second-order valence-electron chi connectivity index (χ2n) is 7.97. The third-order valence-corrected chi connectivity index (χ3v) is 7.77. The summed E-state index contributed by atoms with van der Waals surface area (Å²) in [6.45, 7) is 8.30. The number of carbonyl (C=O) groups is 1. The van der Waals surface area contributed by atoms with Crippen LogP contribution in [-0.2, 0) is 14.8 Å². The van der Waals surface area contributed by atoms with Crippen LogP contribution in [-0.4, -0.2) is 63.4 Å². The van der Waals surface area contributed by atoms with Gasteiger partial charge in [-0.15, -0.1) is 0 Å². The first-order valence-corrected chi connectivity index (χ1v) is 11.9. The van der Waals surface area contributed by atoms with Gasteiger partial charge in [0, 0.05) is 39.1 Å². The second kappa shape index (κ2) is 9.80. The lowest BCUT2D eigenvalue weighted by Crippen LogP contribution is -2.49. The van der Waals surface area contributed by atoms with Gasteiger partial charge in [0.25, 0.3) is 0 Å². The van der Waals surface area contributed by atoms with E-state index < -0.39 is 10.0 Å². The smallest absolute Gasteiger partial charge is 0.243 e. The molecule has 2 aromatic rings. The summed E-state index contributed by atoms with van der Waals surface area (Å²) in [5, 5.41) is 2.88. The molecule has 0 aliphatic carbocycles. The van der Waals surface area contributed by atoms with Crippen molar-refractivity contribution in [1.29, 1.82) is 0 Å². The standard InChI is InChI=1S/C23H31N3O4S/c1-17-15-18(2)23(19(3)16-17)31(28,29)26-13-11-25(12-14-26)10-9-22(27)24-20-7-5-6-8-21(20)30-4/h5-8,15-16H,9-14H2,1-4H3,(H,24,27). The number of piperazine rings is 1. The highest BCUT2D eigenvalue weighted by atomic mass is 32.2. The molecule has 0 saturated carbocycles. The van der Waals surface area contributed by atoms with Gasteiger partial charge in [-0.3, -0.25) is 4.79 Å². The molecule has 1 N–H and O–H groups in total. The Hall–Kier alpha value is -2.42. The van der Waals surface area contributed by atoms with Crippen LogP contribution in [0.3, 0.4) is 0 Å². The van der Waals surface area contributed by atoms with Crippen molar-refractivity contribution >= 4 is 21.6 Å². The van der Waals surface area contributed by atoms with Crippen molar-refractivity contribution in [2.24, 2.45) is 0 Å². The predicted molar refractivity (Wildman–Crippen MR) is 122 cm³/mol. The molecule has 0 radical (unpaired) electrons. The molecule has 1 aliphatic rings. The number of methoxy groups -OCH3 is 1. The van der Waals surface area contributed by atoms with E-state index in [1.165, 1.54) is 0 Å². The van der Waals surface area contributed by atoms with E-state index in [1.54, 1.807) is 23.5 Å². The van der Waals surface area contributed by atoms with Gasteiger partial charge in [0.05, 0.1) is 17.7 Å². The summed E-state index contributed by atoms with van der Waals surface area (Å²) in [4.78, 5) is 14.9. The Bertz CT molecular complexity index is 1020. The molecule has 7 nitrogen and oxygen atoms in total. The number of hydrogen-bond acceptors (Lipinski definition) is 5. The number of amides is 1. The molecule has 0 spiro atoms. The number of aryl methyl sites for hydroxylation is 3. The summed E-state index contributed by atoms with van der Waals surface area (Å²) >= 11 is 0. The Kier molecular flexibility index (Phi) is 7.35. The molecule has 1 heterocycles. The van der Waals surface area contributed by atoms with E-state index in [1.807, 2.05) is 45.0 Å². The minimum absolute atomic E-state index is 0.0922. The Labute approximate surface area is 185 Å². The van der Waals surface area contributed by atoms with Gasteiger partial charge in [-0.1, -0.05) is 29.8 Å². The fraction of sp³-hybridized carbons (Fsp3) is 0.435. The third kappa shape index (κ3) is 5.44. The van der Waals surface area contributed by atoms with E-state index >= 15 is 0 Å². The average Bonchev–Trinajstić information content (AvgIpc) is 2.72. The topological polar surface area (TPSA) is 79.0 Å². The number of ether oxygens (including phenoxy) is 1. The van der Waals surface area contributed by atoms with Crippen LogP contribution in [0, 0.1) is 20.8 Å². The molecule has 1 saturated heterocycles. The van der Waals surface area contributed by atoms with Gasteiger partial charge in [0.15, 0.2) is 0 Å². The van der Waals surface area contributed by atoms with E-state index in [2.05, 4.69) is 10.2 Å². The molecule has 0 unspecified atom stereocenters. The summed E-state index contributed by atoms with van der Waals surface area (Å²) in [6, 6.07) is 11.1. The zero-order valence-electron chi connectivity index (χ0n) is 18.6. The average molecular weight is 446 g/mol. The predicted octanol–water partition coefficient (Wildman–Crippen LogP) is 2.96. The van der Waals surface area contributed by atoms with Crippen LogP contribution in [0.4, 0.5) is 5.69 Å². The lowest BCUT2D eigenvalue weighted by atomic mass is 10.1. The highest BCUT2D eigenvalue weighted by molar-refractivity contribution is 7.89. The Morgan fingerprint density at radius 1 is 1.03 bits per heavy atom. The van der Waals surface area contributed by atoms with Gasteiger partial charge in [0.1, 0.15) is 5.75 Å². The maximum absolute atomic E-state index is 13.2. The minimum atomic E-state index is -3.53. The van der Waals surface area contributed by atoms with Crippen molar-refractivity contribution < 1.29 is 17.9 Å². The molecule has 1 aliphatic heterocycles. The monoisotopic (exact) mass is 445 g/mol. The molecule has 1 fully saturated rings. The van der Waals surface area contributed by atoms with Crippen molar-refractivity contribution in [3.05, 3.63) is 53.1 Å². The first kappa shape index (κ1) is 23.2. The van der Waals surface area contributed by atoms with Crippen molar-refractivity contribution in [2.75, 3.05) is 45.2 Å². The summed E-state index contributed by atoms with van der Waals surface area (Å²) in [5.74, 6) is 0.529. The molecule has 0 bridgehead atoms. The molecule has 8 heteroatoms. The highest BCUT2D eigenvalue weighted by Gasteiger charge is 2.30. The maximum atomic E-state index is 13.2. The molecule has 168 valence electrons. The van der Waals surface area contributed by atoms with Crippen molar-refractivity contribution in [2.45, 2.75) is 32.1 Å². The number of benzene rings is 2. The van der Waals surface area contributed by atoms with Crippen molar-refractivity contribution in [1.82, 2.24) is 9.21 Å². The SMILES string of the molecule is COc1ccccc1NC(=O)CCN1CCN(S(=O)(=O)c2c(C)cc(C)cc2C)CC1. The van der Waals surface area contributed by atoms with Crippen LogP contribution >= 0.6 is 0 Å². The molecule has 31 heavy (non-hydrogen) atoms. The van der Waals surface area contributed by atoms with Crippen LogP contribution in [0.2, 0.25) is 0 Å². The third-order valence-electron chi connectivity index (χ3n) is 5.57. The van der Waals surface area contributed by atoms with E-state index in [9.17, 15) is 13.2 Å². The molecular formula is C23H31N3O4S. The molecule has 1 amide bonds. The first-order chi connectivity index (χ1) is 14.7. The van der Waals surface area contributed by atoms with E-state index in [0.29, 0.717) is 55.5 Å². The number of carbonyl (C=O) groups excluding carboxylic acids is 1. The zero-order valence-corrected chi connectivity index (χ0v) is 19.5. The molecule has 3 rings (SSSR count). The molecule has 2 aromatic carbocycles. The second-order valence-corrected chi connectivity index (χ2v) is 9.85. The van der Waals surface area contributed by atoms with E-state index in [4.69, 9.17) is 4.74 Å². The number of sulfonamides is 1. The van der Waals surface area contributed by atoms with Crippen LogP contribution in [0.25, 0.3) is 0 Å². The normalized spacial score (nSPS) is 15.6. The fourth-order valence-electron chi connectivity index (χ4n) is 4.12. The number of hydrogen-bond donors (Lipinski definition) is 1. The molecule has 0 atom stereocenters. The Balaban J connectivity index is 1.54. The number of para-hydroxylation sites is 2. The first-order valence-electron chi connectivity index (χ1n) is 10.5. The lowest BCUT2D eigenvalue weighted by Gasteiger charge is -2.34. The summed E-state index contributed by atoms with van der Waals surface area (Å²) in [7, 11) is -1.96. The largest absolute Gasteiger partial charge is 0.495 e. The van der Waals surface area contributed by atoms with Crippen LogP contribution in [0.1, 0.15) is 23.1 Å². The zero-order chi connectivity index (χ0) is 22.6.